The molecule has 2 aromatic rings. The van der Waals surface area contributed by atoms with Crippen LogP contribution in [0, 0.1) is 12.7 Å². The maximum Gasteiger partial charge on any atom is 0.414 e. The Morgan fingerprint density at radius 1 is 1.20 bits per heavy atom. The van der Waals surface area contributed by atoms with Crippen LogP contribution < -0.4 is 15.1 Å². The van der Waals surface area contributed by atoms with Gasteiger partial charge in [-0.25, -0.2) is 9.18 Å². The highest BCUT2D eigenvalue weighted by atomic mass is 32.3. The van der Waals surface area contributed by atoms with E-state index in [0.29, 0.717) is 36.0 Å². The number of aryl methyl sites for hydroxylation is 1. The summed E-state index contributed by atoms with van der Waals surface area (Å²) in [6.07, 6.45) is -1.10. The van der Waals surface area contributed by atoms with Crippen molar-refractivity contribution in [2.75, 3.05) is 47.5 Å². The molecule has 9 nitrogen and oxygen atoms in total. The first kappa shape index (κ1) is 25.1. The Hall–Kier alpha value is -2.99. The van der Waals surface area contributed by atoms with Crippen molar-refractivity contribution in [2.45, 2.75) is 24.8 Å². The van der Waals surface area contributed by atoms with Crippen molar-refractivity contribution in [3.63, 3.8) is 0 Å². The fourth-order valence-electron chi connectivity index (χ4n) is 3.87. The Bertz CT molecular complexity index is 1260. The molecule has 1 atom stereocenters. The van der Waals surface area contributed by atoms with Crippen LogP contribution in [0.5, 0.6) is 0 Å². The zero-order valence-electron chi connectivity index (χ0n) is 19.4. The van der Waals surface area contributed by atoms with Gasteiger partial charge in [0.25, 0.3) is 10.0 Å². The van der Waals surface area contributed by atoms with Crippen LogP contribution in [-0.4, -0.2) is 64.2 Å². The molecule has 0 radical (unpaired) electrons. The van der Waals surface area contributed by atoms with Crippen LogP contribution in [0.1, 0.15) is 12.5 Å². The summed E-state index contributed by atoms with van der Waals surface area (Å²) in [4.78, 5) is 26.6. The Morgan fingerprint density at radius 3 is 2.51 bits per heavy atom. The van der Waals surface area contributed by atoms with Crippen LogP contribution in [0.4, 0.5) is 20.6 Å². The molecule has 0 aromatic heterocycles. The number of hydrogen-bond donors (Lipinski definition) is 1. The predicted octanol–water partition coefficient (Wildman–Crippen LogP) is 2.61. The molecular formula is C23H27FN4O5S2. The number of anilines is 2. The number of sulfonamides is 1. The van der Waals surface area contributed by atoms with Crippen LogP contribution in [0.25, 0.3) is 0 Å². The number of amides is 2. The summed E-state index contributed by atoms with van der Waals surface area (Å²) in [5.74, 6) is 0.317. The summed E-state index contributed by atoms with van der Waals surface area (Å²) >= 11 is 0. The lowest BCUT2D eigenvalue weighted by atomic mass is 10.2. The first-order chi connectivity index (χ1) is 16.6. The standard InChI is InChI=1S/C23H27FN4O5S2/c1-16-3-6-20(7-4-16)35(31,32)26-34-11-9-27(10-12-34)22-8-5-18(13-21(22)24)28-15-19(33-23(28)30)14-25-17(2)29/h3-8,13,19H,9-12,14-15H2,1-2H3,(H,25,29). The third-order valence-electron chi connectivity index (χ3n) is 5.75. The number of cyclic esters (lactones) is 1. The minimum Gasteiger partial charge on any atom is -0.442 e. The number of carbonyl (C=O) groups is 2. The molecule has 4 rings (SSSR count). The summed E-state index contributed by atoms with van der Waals surface area (Å²) in [7, 11) is -4.40. The van der Waals surface area contributed by atoms with E-state index in [1.54, 1.807) is 36.4 Å². The number of carbonyl (C=O) groups excluding carboxylic acids is 2. The molecule has 0 spiro atoms. The smallest absolute Gasteiger partial charge is 0.414 e. The van der Waals surface area contributed by atoms with Gasteiger partial charge in [-0.2, -0.15) is 8.42 Å². The fourth-order valence-corrected chi connectivity index (χ4v) is 7.47. The molecule has 2 heterocycles. The van der Waals surface area contributed by atoms with Crippen LogP contribution >= 0.6 is 0 Å². The summed E-state index contributed by atoms with van der Waals surface area (Å²) in [5.41, 5.74) is 1.73. The number of hydrogen-bond acceptors (Lipinski definition) is 6. The normalized spacial score (nSPS) is 18.9. The lowest BCUT2D eigenvalue weighted by molar-refractivity contribution is -0.119. The van der Waals surface area contributed by atoms with E-state index in [0.717, 1.165) is 5.56 Å². The zero-order valence-corrected chi connectivity index (χ0v) is 21.1. The largest absolute Gasteiger partial charge is 0.442 e. The molecule has 12 heteroatoms. The second-order valence-electron chi connectivity index (χ2n) is 8.41. The molecule has 2 fully saturated rings. The molecule has 2 amide bonds. The number of ether oxygens (including phenoxy) is 1. The quantitative estimate of drug-likeness (QED) is 0.625. The Morgan fingerprint density at radius 2 is 1.89 bits per heavy atom. The number of rotatable bonds is 6. The van der Waals surface area contributed by atoms with Gasteiger partial charge in [0.1, 0.15) is 11.9 Å². The van der Waals surface area contributed by atoms with E-state index in [-0.39, 0.29) is 23.9 Å². The number of nitrogens with zero attached hydrogens (tertiary/aromatic N) is 3. The van der Waals surface area contributed by atoms with Crippen molar-refractivity contribution in [3.8, 4) is 0 Å². The van der Waals surface area contributed by atoms with Gasteiger partial charge in [0.2, 0.25) is 5.91 Å². The molecule has 35 heavy (non-hydrogen) atoms. The number of benzene rings is 2. The summed E-state index contributed by atoms with van der Waals surface area (Å²) in [5, 5.41) is 2.60. The highest BCUT2D eigenvalue weighted by molar-refractivity contribution is 8.00. The van der Waals surface area contributed by atoms with Gasteiger partial charge >= 0.3 is 6.09 Å². The minimum absolute atomic E-state index is 0.180. The zero-order chi connectivity index (χ0) is 25.2. The van der Waals surface area contributed by atoms with Crippen LogP contribution in [0.15, 0.2) is 51.1 Å². The van der Waals surface area contributed by atoms with Gasteiger partial charge in [-0.3, -0.25) is 9.69 Å². The highest BCUT2D eigenvalue weighted by Gasteiger charge is 2.33. The van der Waals surface area contributed by atoms with Crippen LogP contribution in [0.2, 0.25) is 0 Å². The summed E-state index contributed by atoms with van der Waals surface area (Å²) < 4.78 is 49.6. The number of halogens is 1. The molecule has 0 aliphatic carbocycles. The molecule has 2 aliphatic heterocycles. The minimum atomic E-state index is -3.73. The number of nitrogens with one attached hydrogen (secondary N) is 1. The van der Waals surface area contributed by atoms with E-state index in [2.05, 4.69) is 9.08 Å². The second-order valence-corrected chi connectivity index (χ2v) is 12.2. The van der Waals surface area contributed by atoms with Crippen LogP contribution in [-0.2, 0) is 30.2 Å². The summed E-state index contributed by atoms with van der Waals surface area (Å²) in [6, 6.07) is 11.2. The van der Waals surface area contributed by atoms with Gasteiger partial charge in [0.15, 0.2) is 0 Å². The first-order valence-electron chi connectivity index (χ1n) is 11.1. The van der Waals surface area contributed by atoms with E-state index in [9.17, 15) is 22.4 Å². The first-order valence-corrected chi connectivity index (χ1v) is 14.1. The molecule has 2 aliphatic rings. The maximum atomic E-state index is 15.0. The SMILES string of the molecule is CC(=O)NCC1CN(c2ccc(N3CCS(=NS(=O)(=O)c4ccc(C)cc4)CC3)c(F)c2)C(=O)O1. The highest BCUT2D eigenvalue weighted by Crippen LogP contribution is 2.29. The van der Waals surface area contributed by atoms with Crippen molar-refractivity contribution >= 4 is 44.1 Å². The molecule has 1 N–H and O–H groups in total. The van der Waals surface area contributed by atoms with Crippen molar-refractivity contribution in [2.24, 2.45) is 3.77 Å². The molecular weight excluding hydrogens is 495 g/mol. The molecule has 2 saturated heterocycles. The van der Waals surface area contributed by atoms with Crippen molar-refractivity contribution in [3.05, 3.63) is 53.8 Å². The monoisotopic (exact) mass is 522 g/mol. The predicted molar refractivity (Wildman–Crippen MR) is 133 cm³/mol. The average molecular weight is 523 g/mol. The third kappa shape index (κ3) is 5.99. The van der Waals surface area contributed by atoms with Gasteiger partial charge in [0, 0.05) is 31.5 Å². The van der Waals surface area contributed by atoms with Crippen LogP contribution in [0.3, 0.4) is 0 Å². The van der Waals surface area contributed by atoms with Gasteiger partial charge in [0.05, 0.1) is 29.4 Å². The lowest BCUT2D eigenvalue weighted by Crippen LogP contribution is -2.38. The van der Waals surface area contributed by atoms with E-state index in [1.807, 2.05) is 11.8 Å². The maximum absolute atomic E-state index is 15.0. The van der Waals surface area contributed by atoms with E-state index in [4.69, 9.17) is 4.74 Å². The Kier molecular flexibility index (Phi) is 7.41. The Labute approximate surface area is 206 Å². The van der Waals surface area contributed by atoms with Crippen molar-refractivity contribution in [1.29, 1.82) is 0 Å². The van der Waals surface area contributed by atoms with Gasteiger partial charge in [-0.15, -0.1) is 3.77 Å². The van der Waals surface area contributed by atoms with E-state index < -0.39 is 38.7 Å². The van der Waals surface area contributed by atoms with E-state index >= 15 is 0 Å². The Balaban J connectivity index is 1.40. The third-order valence-corrected chi connectivity index (χ3v) is 9.56. The molecule has 2 aromatic carbocycles. The molecule has 0 bridgehead atoms. The fraction of sp³-hybridized carbons (Fsp3) is 0.391. The van der Waals surface area contributed by atoms with Gasteiger partial charge in [-0.05, 0) is 37.3 Å². The lowest BCUT2D eigenvalue weighted by Gasteiger charge is -2.30. The van der Waals surface area contributed by atoms with Gasteiger partial charge in [-0.1, -0.05) is 28.4 Å². The summed E-state index contributed by atoms with van der Waals surface area (Å²) in [6.45, 7) is 4.61. The topological polar surface area (TPSA) is 108 Å². The van der Waals surface area contributed by atoms with Crippen molar-refractivity contribution in [1.82, 2.24) is 5.32 Å². The van der Waals surface area contributed by atoms with Crippen molar-refractivity contribution < 1.29 is 27.1 Å². The second kappa shape index (κ2) is 10.3. The molecule has 0 saturated carbocycles. The molecule has 188 valence electrons. The van der Waals surface area contributed by atoms with E-state index in [1.165, 1.54) is 17.9 Å². The molecule has 1 unspecified atom stereocenters. The average Bonchev–Trinajstić information content (AvgIpc) is 3.19. The van der Waals surface area contributed by atoms with Gasteiger partial charge < -0.3 is 15.0 Å².